The van der Waals surface area contributed by atoms with Crippen LogP contribution in [-0.4, -0.2) is 35.1 Å². The molecule has 3 rings (SSSR count). The van der Waals surface area contributed by atoms with Crippen molar-refractivity contribution in [1.29, 1.82) is 0 Å². The maximum absolute atomic E-state index is 12.7. The molecule has 2 aliphatic rings. The van der Waals surface area contributed by atoms with E-state index < -0.39 is 0 Å². The Bertz CT molecular complexity index is 540. The summed E-state index contributed by atoms with van der Waals surface area (Å²) in [5.74, 6) is 0.463. The van der Waals surface area contributed by atoms with E-state index in [1.165, 1.54) is 30.4 Å². The lowest BCUT2D eigenvalue weighted by Crippen LogP contribution is -2.46. The van der Waals surface area contributed by atoms with E-state index in [1.54, 1.807) is 0 Å². The first kappa shape index (κ1) is 15.5. The third-order valence-electron chi connectivity index (χ3n) is 5.33. The minimum atomic E-state index is 0.190. The van der Waals surface area contributed by atoms with Gasteiger partial charge in [0.25, 0.3) is 0 Å². The fourth-order valence-corrected chi connectivity index (χ4v) is 3.85. The zero-order chi connectivity index (χ0) is 15.5. The lowest BCUT2D eigenvalue weighted by molar-refractivity contribution is -0.135. The molecule has 3 nitrogen and oxygen atoms in total. The Kier molecular flexibility index (Phi) is 4.82. The maximum Gasteiger partial charge on any atom is 0.227 e. The van der Waals surface area contributed by atoms with Gasteiger partial charge in [0.15, 0.2) is 0 Å². The maximum atomic E-state index is 12.7. The van der Waals surface area contributed by atoms with Gasteiger partial charge in [0, 0.05) is 19.2 Å². The van der Waals surface area contributed by atoms with Gasteiger partial charge in [-0.3, -0.25) is 4.79 Å². The Morgan fingerprint density at radius 1 is 1.23 bits per heavy atom. The predicted molar refractivity (Wildman–Crippen MR) is 87.8 cm³/mol. The first-order chi connectivity index (χ1) is 10.7. The molecule has 1 N–H and O–H groups in total. The van der Waals surface area contributed by atoms with Crippen LogP contribution in [-0.2, 0) is 24.1 Å². The van der Waals surface area contributed by atoms with E-state index in [-0.39, 0.29) is 18.4 Å². The van der Waals surface area contributed by atoms with Crippen LogP contribution in [0, 0.1) is 5.92 Å². The van der Waals surface area contributed by atoms with Crippen molar-refractivity contribution in [3.8, 4) is 0 Å². The topological polar surface area (TPSA) is 40.5 Å². The zero-order valence-electron chi connectivity index (χ0n) is 13.6. The van der Waals surface area contributed by atoms with Crippen molar-refractivity contribution in [2.24, 2.45) is 5.92 Å². The summed E-state index contributed by atoms with van der Waals surface area (Å²) in [6.45, 7) is 3.02. The highest BCUT2D eigenvalue weighted by atomic mass is 16.3. The van der Waals surface area contributed by atoms with Crippen LogP contribution in [0.25, 0.3) is 0 Å². The fourth-order valence-electron chi connectivity index (χ4n) is 3.85. The van der Waals surface area contributed by atoms with Crippen molar-refractivity contribution in [2.75, 3.05) is 13.2 Å². The minimum Gasteiger partial charge on any atom is -0.396 e. The van der Waals surface area contributed by atoms with Crippen LogP contribution in [0.15, 0.2) is 18.2 Å². The van der Waals surface area contributed by atoms with E-state index >= 15 is 0 Å². The Morgan fingerprint density at radius 2 is 2.00 bits per heavy atom. The number of piperidine rings is 1. The number of carbonyl (C=O) groups is 1. The smallest absolute Gasteiger partial charge is 0.227 e. The minimum absolute atomic E-state index is 0.190. The predicted octanol–water partition coefficient (Wildman–Crippen LogP) is 2.73. The average Bonchev–Trinajstić information content (AvgIpc) is 2.55. The van der Waals surface area contributed by atoms with E-state index in [4.69, 9.17) is 0 Å². The molecule has 120 valence electrons. The van der Waals surface area contributed by atoms with E-state index in [9.17, 15) is 9.90 Å². The van der Waals surface area contributed by atoms with E-state index in [2.05, 4.69) is 25.1 Å². The molecule has 1 aliphatic heterocycles. The Morgan fingerprint density at radius 3 is 2.77 bits per heavy atom. The molecule has 2 unspecified atom stereocenters. The monoisotopic (exact) mass is 301 g/mol. The molecule has 0 spiro atoms. The third-order valence-corrected chi connectivity index (χ3v) is 5.33. The molecule has 1 amide bonds. The Balaban J connectivity index is 1.68. The number of hydrogen-bond donors (Lipinski definition) is 1. The summed E-state index contributed by atoms with van der Waals surface area (Å²) in [6.07, 6.45) is 7.43. The second-order valence-corrected chi connectivity index (χ2v) is 7.01. The van der Waals surface area contributed by atoms with Crippen molar-refractivity contribution < 1.29 is 9.90 Å². The van der Waals surface area contributed by atoms with E-state index in [0.29, 0.717) is 19.0 Å². The van der Waals surface area contributed by atoms with Gasteiger partial charge in [0.1, 0.15) is 0 Å². The highest BCUT2D eigenvalue weighted by Gasteiger charge is 2.28. The van der Waals surface area contributed by atoms with Crippen LogP contribution in [0.3, 0.4) is 0 Å². The number of amides is 1. The second-order valence-electron chi connectivity index (χ2n) is 7.01. The molecule has 1 aromatic rings. The van der Waals surface area contributed by atoms with Crippen molar-refractivity contribution in [3.63, 3.8) is 0 Å². The van der Waals surface area contributed by atoms with Crippen LogP contribution in [0.1, 0.15) is 49.3 Å². The molecule has 0 radical (unpaired) electrons. The summed E-state index contributed by atoms with van der Waals surface area (Å²) >= 11 is 0. The number of nitrogens with zero attached hydrogens (tertiary/aromatic N) is 1. The van der Waals surface area contributed by atoms with Crippen molar-refractivity contribution in [3.05, 3.63) is 34.9 Å². The summed E-state index contributed by atoms with van der Waals surface area (Å²) < 4.78 is 0. The molecule has 1 aromatic carbocycles. The second kappa shape index (κ2) is 6.82. The highest BCUT2D eigenvalue weighted by Crippen LogP contribution is 2.25. The van der Waals surface area contributed by atoms with Crippen molar-refractivity contribution in [2.45, 2.75) is 57.9 Å². The summed E-state index contributed by atoms with van der Waals surface area (Å²) in [7, 11) is 0. The quantitative estimate of drug-likeness (QED) is 0.932. The van der Waals surface area contributed by atoms with E-state index in [0.717, 1.165) is 24.8 Å². The van der Waals surface area contributed by atoms with Gasteiger partial charge in [0.05, 0.1) is 6.42 Å². The first-order valence-corrected chi connectivity index (χ1v) is 8.68. The molecule has 1 heterocycles. The number of aliphatic hydroxyl groups is 1. The van der Waals surface area contributed by atoms with Gasteiger partial charge in [-0.1, -0.05) is 18.2 Å². The number of carbonyl (C=O) groups excluding carboxylic acids is 1. The summed E-state index contributed by atoms with van der Waals surface area (Å²) in [4.78, 5) is 14.6. The SMILES string of the molecule is CC1CCC(CO)CN1C(=O)Cc1ccc2c(c1)CCCC2. The number of rotatable bonds is 3. The van der Waals surface area contributed by atoms with Crippen molar-refractivity contribution >= 4 is 5.91 Å². The number of likely N-dealkylation sites (tertiary alicyclic amines) is 1. The molecule has 1 aliphatic carbocycles. The number of fused-ring (bicyclic) bond motifs is 1. The van der Waals surface area contributed by atoms with Gasteiger partial charge in [-0.15, -0.1) is 0 Å². The molecule has 1 saturated heterocycles. The summed E-state index contributed by atoms with van der Waals surface area (Å²) in [5.41, 5.74) is 4.05. The standard InChI is InChI=1S/C19H27NO2/c1-14-6-7-16(13-21)12-20(14)19(22)11-15-8-9-17-4-2-3-5-18(17)10-15/h8-10,14,16,21H,2-7,11-13H2,1H3. The number of hydrogen-bond acceptors (Lipinski definition) is 2. The van der Waals surface area contributed by atoms with Crippen LogP contribution < -0.4 is 0 Å². The molecule has 0 bridgehead atoms. The fraction of sp³-hybridized carbons (Fsp3) is 0.632. The number of benzene rings is 1. The van der Waals surface area contributed by atoms with Gasteiger partial charge in [-0.2, -0.15) is 0 Å². The van der Waals surface area contributed by atoms with Crippen LogP contribution >= 0.6 is 0 Å². The van der Waals surface area contributed by atoms with Crippen LogP contribution in [0.4, 0.5) is 0 Å². The van der Waals surface area contributed by atoms with Gasteiger partial charge in [0.2, 0.25) is 5.91 Å². The molecule has 0 saturated carbocycles. The normalized spacial score (nSPS) is 24.9. The molecule has 1 fully saturated rings. The highest BCUT2D eigenvalue weighted by molar-refractivity contribution is 5.79. The van der Waals surface area contributed by atoms with Crippen LogP contribution in [0.5, 0.6) is 0 Å². The zero-order valence-corrected chi connectivity index (χ0v) is 13.6. The average molecular weight is 301 g/mol. The molecule has 0 aromatic heterocycles. The van der Waals surface area contributed by atoms with Gasteiger partial charge in [-0.05, 0) is 68.1 Å². The molecule has 22 heavy (non-hydrogen) atoms. The lowest BCUT2D eigenvalue weighted by atomic mass is 9.89. The summed E-state index contributed by atoms with van der Waals surface area (Å²) in [5, 5.41) is 9.36. The Hall–Kier alpha value is -1.35. The van der Waals surface area contributed by atoms with Gasteiger partial charge in [-0.25, -0.2) is 0 Å². The Labute approximate surface area is 133 Å². The molecule has 3 heteroatoms. The molecular formula is C19H27NO2. The largest absolute Gasteiger partial charge is 0.396 e. The van der Waals surface area contributed by atoms with Crippen molar-refractivity contribution in [1.82, 2.24) is 4.90 Å². The number of aliphatic hydroxyl groups excluding tert-OH is 1. The third kappa shape index (κ3) is 3.35. The van der Waals surface area contributed by atoms with Crippen LogP contribution in [0.2, 0.25) is 0 Å². The molecule has 2 atom stereocenters. The molecular weight excluding hydrogens is 274 g/mol. The van der Waals surface area contributed by atoms with E-state index in [1.807, 2.05) is 4.90 Å². The number of aryl methyl sites for hydroxylation is 2. The van der Waals surface area contributed by atoms with Gasteiger partial charge >= 0.3 is 0 Å². The lowest BCUT2D eigenvalue weighted by Gasteiger charge is -2.37. The van der Waals surface area contributed by atoms with Gasteiger partial charge < -0.3 is 10.0 Å². The summed E-state index contributed by atoms with van der Waals surface area (Å²) in [6, 6.07) is 6.88. The first-order valence-electron chi connectivity index (χ1n) is 8.68.